The minimum atomic E-state index is -1.12. The van der Waals surface area contributed by atoms with Crippen molar-refractivity contribution in [1.82, 2.24) is 16.0 Å². The summed E-state index contributed by atoms with van der Waals surface area (Å²) in [5, 5.41) is 15.6. The van der Waals surface area contributed by atoms with Gasteiger partial charge in [-0.15, -0.1) is 0 Å². The number of hydrogen-bond donors (Lipinski definition) is 4. The fraction of sp³-hybridized carbons (Fsp3) is 0.769. The summed E-state index contributed by atoms with van der Waals surface area (Å²) in [7, 11) is 0. The van der Waals surface area contributed by atoms with E-state index in [9.17, 15) is 14.4 Å². The van der Waals surface area contributed by atoms with Crippen LogP contribution in [0.5, 0.6) is 0 Å². The Morgan fingerprint density at radius 1 is 0.950 bits per heavy atom. The molecule has 1 aliphatic carbocycles. The highest BCUT2D eigenvalue weighted by Gasteiger charge is 2.13. The van der Waals surface area contributed by atoms with Crippen LogP contribution >= 0.6 is 0 Å². The van der Waals surface area contributed by atoms with E-state index in [4.69, 9.17) is 5.11 Å². The van der Waals surface area contributed by atoms with Gasteiger partial charge in [-0.2, -0.15) is 0 Å². The SMILES string of the molecule is O=C(O)CNC(=O)CNC(=O)NCCC1CCCCC1. The van der Waals surface area contributed by atoms with Crippen molar-refractivity contribution >= 4 is 17.9 Å². The summed E-state index contributed by atoms with van der Waals surface area (Å²) in [6.07, 6.45) is 7.32. The van der Waals surface area contributed by atoms with E-state index in [-0.39, 0.29) is 6.54 Å². The molecule has 0 aromatic carbocycles. The van der Waals surface area contributed by atoms with E-state index in [1.165, 1.54) is 32.1 Å². The number of carbonyl (C=O) groups excluding carboxylic acids is 2. The summed E-state index contributed by atoms with van der Waals surface area (Å²) in [6, 6.07) is -0.397. The molecule has 20 heavy (non-hydrogen) atoms. The van der Waals surface area contributed by atoms with Crippen LogP contribution in [0.25, 0.3) is 0 Å². The van der Waals surface area contributed by atoms with Gasteiger partial charge in [0.1, 0.15) is 6.54 Å². The van der Waals surface area contributed by atoms with Crippen LogP contribution in [0.2, 0.25) is 0 Å². The van der Waals surface area contributed by atoms with Crippen LogP contribution in [0.4, 0.5) is 4.79 Å². The first-order chi connectivity index (χ1) is 9.58. The smallest absolute Gasteiger partial charge is 0.322 e. The van der Waals surface area contributed by atoms with E-state index < -0.39 is 24.5 Å². The van der Waals surface area contributed by atoms with Gasteiger partial charge in [0.15, 0.2) is 0 Å². The Kier molecular flexibility index (Phi) is 7.46. The molecule has 7 nitrogen and oxygen atoms in total. The number of carboxylic acids is 1. The summed E-state index contributed by atoms with van der Waals surface area (Å²) in [5.74, 6) is -0.937. The Labute approximate surface area is 118 Å². The third-order valence-corrected chi connectivity index (χ3v) is 3.41. The zero-order valence-corrected chi connectivity index (χ0v) is 11.6. The van der Waals surface area contributed by atoms with Gasteiger partial charge in [-0.1, -0.05) is 32.1 Å². The lowest BCUT2D eigenvalue weighted by molar-refractivity contribution is -0.137. The number of carbonyl (C=O) groups is 3. The predicted octanol–water partition coefficient (Wildman–Crippen LogP) is 0.457. The molecule has 0 aromatic heterocycles. The lowest BCUT2D eigenvalue weighted by Crippen LogP contribution is -2.43. The maximum atomic E-state index is 11.4. The molecular formula is C13H23N3O4. The van der Waals surface area contributed by atoms with Gasteiger partial charge in [-0.25, -0.2) is 4.79 Å². The molecule has 0 saturated heterocycles. The van der Waals surface area contributed by atoms with E-state index in [0.717, 1.165) is 6.42 Å². The van der Waals surface area contributed by atoms with E-state index in [2.05, 4.69) is 16.0 Å². The van der Waals surface area contributed by atoms with Crippen LogP contribution in [0.15, 0.2) is 0 Å². The summed E-state index contributed by atoms with van der Waals surface area (Å²) in [6.45, 7) is -0.0560. The fourth-order valence-corrected chi connectivity index (χ4v) is 2.33. The number of hydrogen-bond acceptors (Lipinski definition) is 3. The summed E-state index contributed by atoms with van der Waals surface area (Å²) in [4.78, 5) is 32.8. The predicted molar refractivity (Wildman–Crippen MR) is 73.2 cm³/mol. The van der Waals surface area contributed by atoms with Crippen LogP contribution in [-0.2, 0) is 9.59 Å². The number of urea groups is 1. The van der Waals surface area contributed by atoms with Crippen molar-refractivity contribution in [2.75, 3.05) is 19.6 Å². The van der Waals surface area contributed by atoms with Crippen molar-refractivity contribution in [3.8, 4) is 0 Å². The highest BCUT2D eigenvalue weighted by molar-refractivity contribution is 5.86. The molecule has 7 heteroatoms. The topological polar surface area (TPSA) is 108 Å². The van der Waals surface area contributed by atoms with Gasteiger partial charge in [0.05, 0.1) is 6.54 Å². The Hall–Kier alpha value is -1.79. The van der Waals surface area contributed by atoms with Crippen molar-refractivity contribution in [3.05, 3.63) is 0 Å². The molecule has 114 valence electrons. The standard InChI is InChI=1S/C13H23N3O4/c17-11(15-9-12(18)19)8-16-13(20)14-7-6-10-4-2-1-3-5-10/h10H,1-9H2,(H,15,17)(H,18,19)(H2,14,16,20). The first kappa shape index (κ1) is 16.3. The number of aliphatic carboxylic acids is 1. The van der Waals surface area contributed by atoms with Crippen LogP contribution in [-0.4, -0.2) is 42.6 Å². The van der Waals surface area contributed by atoms with Gasteiger partial charge in [-0.05, 0) is 12.3 Å². The average molecular weight is 285 g/mol. The van der Waals surface area contributed by atoms with Gasteiger partial charge < -0.3 is 21.1 Å². The van der Waals surface area contributed by atoms with E-state index >= 15 is 0 Å². The van der Waals surface area contributed by atoms with E-state index in [1.54, 1.807) is 0 Å². The second-order valence-electron chi connectivity index (χ2n) is 5.07. The Morgan fingerprint density at radius 2 is 1.65 bits per heavy atom. The fourth-order valence-electron chi connectivity index (χ4n) is 2.33. The average Bonchev–Trinajstić information content (AvgIpc) is 2.44. The maximum Gasteiger partial charge on any atom is 0.322 e. The van der Waals surface area contributed by atoms with Gasteiger partial charge >= 0.3 is 12.0 Å². The molecular weight excluding hydrogens is 262 g/mol. The molecule has 1 fully saturated rings. The maximum absolute atomic E-state index is 11.4. The zero-order valence-electron chi connectivity index (χ0n) is 11.6. The molecule has 0 aliphatic heterocycles. The minimum Gasteiger partial charge on any atom is -0.480 e. The van der Waals surface area contributed by atoms with E-state index in [0.29, 0.717) is 12.5 Å². The van der Waals surface area contributed by atoms with Crippen LogP contribution in [0, 0.1) is 5.92 Å². The lowest BCUT2D eigenvalue weighted by Gasteiger charge is -2.21. The number of carboxylic acid groups (broad SMARTS) is 1. The second-order valence-corrected chi connectivity index (χ2v) is 5.07. The number of rotatable bonds is 7. The Balaban J connectivity index is 2.02. The quantitative estimate of drug-likeness (QED) is 0.545. The third kappa shape index (κ3) is 7.60. The van der Waals surface area contributed by atoms with Crippen molar-refractivity contribution in [2.24, 2.45) is 5.92 Å². The van der Waals surface area contributed by atoms with Crippen molar-refractivity contribution < 1.29 is 19.5 Å². The van der Waals surface area contributed by atoms with Gasteiger partial charge in [0.2, 0.25) is 5.91 Å². The summed E-state index contributed by atoms with van der Waals surface area (Å²) in [5.41, 5.74) is 0. The minimum absolute atomic E-state index is 0.220. The molecule has 1 rings (SSSR count). The van der Waals surface area contributed by atoms with Crippen molar-refractivity contribution in [3.63, 3.8) is 0 Å². The number of amides is 3. The highest BCUT2D eigenvalue weighted by Crippen LogP contribution is 2.25. The molecule has 1 saturated carbocycles. The second kappa shape index (κ2) is 9.17. The van der Waals surface area contributed by atoms with Crippen molar-refractivity contribution in [2.45, 2.75) is 38.5 Å². The molecule has 0 radical (unpaired) electrons. The van der Waals surface area contributed by atoms with Crippen molar-refractivity contribution in [1.29, 1.82) is 0 Å². The lowest BCUT2D eigenvalue weighted by atomic mass is 9.87. The molecule has 0 atom stereocenters. The van der Waals surface area contributed by atoms with E-state index in [1.807, 2.05) is 0 Å². The zero-order chi connectivity index (χ0) is 14.8. The highest BCUT2D eigenvalue weighted by atomic mass is 16.4. The molecule has 4 N–H and O–H groups in total. The normalized spacial score (nSPS) is 15.4. The molecule has 1 aliphatic rings. The Morgan fingerprint density at radius 3 is 2.30 bits per heavy atom. The molecule has 3 amide bonds. The van der Waals surface area contributed by atoms with Crippen LogP contribution in [0.3, 0.4) is 0 Å². The Bertz CT molecular complexity index is 341. The van der Waals surface area contributed by atoms with Gasteiger partial charge in [-0.3, -0.25) is 9.59 Å². The third-order valence-electron chi connectivity index (χ3n) is 3.41. The molecule has 0 unspecified atom stereocenters. The van der Waals surface area contributed by atoms with Gasteiger partial charge in [0, 0.05) is 6.54 Å². The molecule has 0 spiro atoms. The van der Waals surface area contributed by atoms with Crippen LogP contribution < -0.4 is 16.0 Å². The molecule has 0 bridgehead atoms. The molecule has 0 aromatic rings. The largest absolute Gasteiger partial charge is 0.480 e. The number of nitrogens with one attached hydrogen (secondary N) is 3. The summed E-state index contributed by atoms with van der Waals surface area (Å²) >= 11 is 0. The summed E-state index contributed by atoms with van der Waals surface area (Å²) < 4.78 is 0. The van der Waals surface area contributed by atoms with Crippen LogP contribution in [0.1, 0.15) is 38.5 Å². The van der Waals surface area contributed by atoms with Gasteiger partial charge in [0.25, 0.3) is 0 Å². The molecule has 0 heterocycles. The first-order valence-electron chi connectivity index (χ1n) is 7.08. The first-order valence-corrected chi connectivity index (χ1v) is 7.08. The monoisotopic (exact) mass is 285 g/mol.